The van der Waals surface area contributed by atoms with Crippen LogP contribution in [0.5, 0.6) is 23.0 Å². The smallest absolute Gasteiger partial charge is 0.334 e. The van der Waals surface area contributed by atoms with Gasteiger partial charge in [0.25, 0.3) is 11.8 Å². The topological polar surface area (TPSA) is 163 Å². The van der Waals surface area contributed by atoms with Crippen LogP contribution in [0.3, 0.4) is 0 Å². The number of ether oxygens (including phenoxy) is 4. The minimum Gasteiger partial charge on any atom is -0.493 e. The average Bonchev–Trinajstić information content (AvgIpc) is 3.11. The first-order valence-electron chi connectivity index (χ1n) is 16.8. The number of halogens is 4. The van der Waals surface area contributed by atoms with E-state index in [1.807, 2.05) is 27.7 Å². The van der Waals surface area contributed by atoms with Crippen LogP contribution < -0.4 is 29.6 Å². The zero-order valence-corrected chi connectivity index (χ0v) is 33.7. The molecule has 2 aromatic carbocycles. The molecule has 2 atom stereocenters. The largest absolute Gasteiger partial charge is 0.493 e. The lowest BCUT2D eigenvalue weighted by atomic mass is 10.0. The van der Waals surface area contributed by atoms with Crippen molar-refractivity contribution in [2.45, 2.75) is 75.1 Å². The van der Waals surface area contributed by atoms with Crippen LogP contribution in [0.1, 0.15) is 64.5 Å². The third kappa shape index (κ3) is 16.1. The number of nitrogens with one attached hydrogen (secondary N) is 2. The Morgan fingerprint density at radius 1 is 0.611 bits per heavy atom. The Morgan fingerprint density at radius 3 is 1.43 bits per heavy atom. The molecule has 2 amide bonds. The number of allylic oxidation sites excluding steroid dienone is 2. The van der Waals surface area contributed by atoms with E-state index in [1.165, 1.54) is 62.8 Å². The number of ketones is 2. The van der Waals surface area contributed by atoms with Gasteiger partial charge in [0.15, 0.2) is 44.2 Å². The van der Waals surface area contributed by atoms with E-state index in [2.05, 4.69) is 10.6 Å². The van der Waals surface area contributed by atoms with Gasteiger partial charge in [-0.05, 0) is 78.6 Å². The zero-order valence-electron chi connectivity index (χ0n) is 30.7. The number of rotatable bonds is 21. The lowest BCUT2D eigenvalue weighted by Gasteiger charge is -2.20. The van der Waals surface area contributed by atoms with Crippen molar-refractivity contribution in [3.63, 3.8) is 0 Å². The van der Waals surface area contributed by atoms with Crippen LogP contribution in [0.4, 0.5) is 0 Å². The lowest BCUT2D eigenvalue weighted by molar-refractivity contribution is -0.139. The first-order chi connectivity index (χ1) is 25.4. The van der Waals surface area contributed by atoms with Gasteiger partial charge in [0.1, 0.15) is 12.1 Å². The Morgan fingerprint density at radius 2 is 1.04 bits per heavy atom. The second-order valence-corrected chi connectivity index (χ2v) is 15.0. The van der Waals surface area contributed by atoms with Gasteiger partial charge in [-0.25, -0.2) is 9.59 Å². The van der Waals surface area contributed by atoms with E-state index in [9.17, 15) is 28.8 Å². The van der Waals surface area contributed by atoms with Crippen LogP contribution in [0.15, 0.2) is 48.6 Å². The highest BCUT2D eigenvalue weighted by Crippen LogP contribution is 2.31. The van der Waals surface area contributed by atoms with Crippen molar-refractivity contribution in [1.29, 1.82) is 0 Å². The number of alkyl halides is 4. The Hall–Kier alpha value is -4.10. The van der Waals surface area contributed by atoms with Crippen LogP contribution in [-0.4, -0.2) is 71.3 Å². The summed E-state index contributed by atoms with van der Waals surface area (Å²) < 4.78 is 21.8. The van der Waals surface area contributed by atoms with Gasteiger partial charge in [0.05, 0.1) is 20.6 Å². The molecule has 0 radical (unpaired) electrons. The van der Waals surface area contributed by atoms with E-state index in [0.29, 0.717) is 24.0 Å². The minimum absolute atomic E-state index is 0.0359. The molecule has 16 heteroatoms. The summed E-state index contributed by atoms with van der Waals surface area (Å²) in [5.41, 5.74) is 1.04. The third-order valence-corrected chi connectivity index (χ3v) is 8.20. The molecular formula is C38H44Cl4N2O10. The molecule has 0 aliphatic heterocycles. The van der Waals surface area contributed by atoms with Gasteiger partial charge in [0, 0.05) is 0 Å². The van der Waals surface area contributed by atoms with Gasteiger partial charge in [0.2, 0.25) is 0 Å². The van der Waals surface area contributed by atoms with Gasteiger partial charge in [-0.15, -0.1) is 0 Å². The van der Waals surface area contributed by atoms with Crippen LogP contribution in [0, 0.1) is 11.8 Å². The summed E-state index contributed by atoms with van der Waals surface area (Å²) in [6.07, 6.45) is 6.20. The predicted molar refractivity (Wildman–Crippen MR) is 208 cm³/mol. The van der Waals surface area contributed by atoms with Gasteiger partial charge in [-0.1, -0.05) is 98.4 Å². The fraction of sp³-hybridized carbons (Fsp3) is 0.421. The Labute approximate surface area is 334 Å². The molecule has 0 saturated heterocycles. The van der Waals surface area contributed by atoms with E-state index in [0.717, 1.165) is 0 Å². The summed E-state index contributed by atoms with van der Waals surface area (Å²) >= 11 is 22.5. The summed E-state index contributed by atoms with van der Waals surface area (Å²) in [6.45, 7) is 7.69. The summed E-state index contributed by atoms with van der Waals surface area (Å²) in [5.74, 6) is -3.05. The average molecular weight is 831 g/mol. The van der Waals surface area contributed by atoms with Gasteiger partial charge >= 0.3 is 11.9 Å². The van der Waals surface area contributed by atoms with Gasteiger partial charge < -0.3 is 29.6 Å². The number of methoxy groups -OCH3 is 2. The number of amides is 2. The molecule has 0 saturated carbocycles. The number of hydrogen-bond donors (Lipinski definition) is 2. The monoisotopic (exact) mass is 828 g/mol. The maximum atomic E-state index is 13.0. The summed E-state index contributed by atoms with van der Waals surface area (Å²) in [6, 6.07) is 7.16. The molecule has 0 bridgehead atoms. The molecule has 2 rings (SSSR count). The summed E-state index contributed by atoms with van der Waals surface area (Å²) in [5, 5.41) is 4.97. The summed E-state index contributed by atoms with van der Waals surface area (Å²) in [4.78, 5) is 72.4. The quantitative estimate of drug-likeness (QED) is 0.0449. The normalized spacial score (nSPS) is 12.6. The highest BCUT2D eigenvalue weighted by molar-refractivity contribution is 6.54. The molecule has 0 heterocycles. The van der Waals surface area contributed by atoms with Crippen molar-refractivity contribution in [3.8, 4) is 23.0 Å². The first kappa shape index (κ1) is 46.1. The van der Waals surface area contributed by atoms with Crippen LogP contribution in [0.25, 0.3) is 12.2 Å². The SMILES string of the molecule is COc1cc(/C=C/C(=O)CC(=O)/C=C/c2ccc(OC(=O)[C@H](CC(C)C)NC(=O)C(Cl)Cl)c(OC)c2)ccc1OC(=O)[C@H](CCC(C)C)NC(=O)C(Cl)Cl. The maximum Gasteiger partial charge on any atom is 0.334 e. The van der Waals surface area contributed by atoms with E-state index >= 15 is 0 Å². The van der Waals surface area contributed by atoms with Crippen molar-refractivity contribution < 1.29 is 47.7 Å². The molecule has 54 heavy (non-hydrogen) atoms. The summed E-state index contributed by atoms with van der Waals surface area (Å²) in [7, 11) is 2.75. The van der Waals surface area contributed by atoms with Crippen LogP contribution in [-0.2, 0) is 28.8 Å². The number of hydrogen-bond acceptors (Lipinski definition) is 10. The molecule has 2 aromatic rings. The molecule has 294 valence electrons. The predicted octanol–water partition coefficient (Wildman–Crippen LogP) is 6.83. The lowest BCUT2D eigenvalue weighted by Crippen LogP contribution is -2.45. The standard InChI is InChI=1S/C38H44Cl4N2O10/c1-21(2)7-14-27(43-35(47)33(39)40)37(49)53-29-15-10-23(18-31(29)51-5)8-12-25(45)20-26(46)13-9-24-11-16-30(32(19-24)52-6)54-38(50)28(17-22(3)4)44-36(48)34(41)42/h8-13,15-16,18-19,21-22,27-28,33-34H,7,14,17,20H2,1-6H3,(H,43,47)(H,44,48)/b12-8+,13-9+/t27-,28-/m0/s1. The molecule has 0 unspecified atom stereocenters. The molecule has 0 spiro atoms. The number of benzene rings is 2. The first-order valence-corrected chi connectivity index (χ1v) is 18.6. The fourth-order valence-corrected chi connectivity index (χ4v) is 4.93. The van der Waals surface area contributed by atoms with Crippen molar-refractivity contribution >= 4 is 93.9 Å². The van der Waals surface area contributed by atoms with E-state index in [4.69, 9.17) is 65.4 Å². The third-order valence-electron chi connectivity index (χ3n) is 7.41. The Balaban J connectivity index is 2.06. The Bertz CT molecular complexity index is 1710. The highest BCUT2D eigenvalue weighted by atomic mass is 35.5. The van der Waals surface area contributed by atoms with Crippen molar-refractivity contribution in [2.24, 2.45) is 11.8 Å². The Kier molecular flexibility index (Phi) is 19.6. The molecule has 2 N–H and O–H groups in total. The molecule has 0 aliphatic rings. The van der Waals surface area contributed by atoms with E-state index in [-0.39, 0.29) is 41.3 Å². The molecule has 0 aromatic heterocycles. The minimum atomic E-state index is -1.36. The van der Waals surface area contributed by atoms with E-state index in [1.54, 1.807) is 12.1 Å². The fourth-order valence-electron chi connectivity index (χ4n) is 4.68. The van der Waals surface area contributed by atoms with Crippen molar-refractivity contribution in [2.75, 3.05) is 14.2 Å². The van der Waals surface area contributed by atoms with Crippen LogP contribution >= 0.6 is 46.4 Å². The molecule has 0 aliphatic carbocycles. The molecule has 0 fully saturated rings. The van der Waals surface area contributed by atoms with Crippen molar-refractivity contribution in [1.82, 2.24) is 10.6 Å². The second kappa shape index (κ2) is 23.0. The molecule has 12 nitrogen and oxygen atoms in total. The van der Waals surface area contributed by atoms with Crippen molar-refractivity contribution in [3.05, 3.63) is 59.7 Å². The zero-order chi connectivity index (χ0) is 40.5. The number of carbonyl (C=O) groups excluding carboxylic acids is 6. The van der Waals surface area contributed by atoms with Gasteiger partial charge in [-0.2, -0.15) is 0 Å². The highest BCUT2D eigenvalue weighted by Gasteiger charge is 2.28. The number of carbonyl (C=O) groups is 6. The number of esters is 2. The maximum absolute atomic E-state index is 13.0. The second-order valence-electron chi connectivity index (χ2n) is 12.8. The molecular weight excluding hydrogens is 786 g/mol. The van der Waals surface area contributed by atoms with E-state index < -0.39 is 63.5 Å². The van der Waals surface area contributed by atoms with Crippen LogP contribution in [0.2, 0.25) is 0 Å². The van der Waals surface area contributed by atoms with Gasteiger partial charge in [-0.3, -0.25) is 19.2 Å².